The molecule has 1 aliphatic carbocycles. The van der Waals surface area contributed by atoms with Crippen LogP contribution in [0.2, 0.25) is 0 Å². The zero-order valence-electron chi connectivity index (χ0n) is 24.2. The number of phenols is 2. The molecule has 45 heavy (non-hydrogen) atoms. The molecule has 0 fully saturated rings. The predicted molar refractivity (Wildman–Crippen MR) is 162 cm³/mol. The summed E-state index contributed by atoms with van der Waals surface area (Å²) < 4.78 is 6.72. The van der Waals surface area contributed by atoms with E-state index < -0.39 is 17.4 Å². The fraction of sp³-hybridized carbons (Fsp3) is 0.171. The second-order valence-electron chi connectivity index (χ2n) is 11.4. The second-order valence-corrected chi connectivity index (χ2v) is 11.4. The largest absolute Gasteiger partial charge is 0.507 e. The van der Waals surface area contributed by atoms with Crippen molar-refractivity contribution in [3.05, 3.63) is 122 Å². The number of ketones is 2. The van der Waals surface area contributed by atoms with Gasteiger partial charge in [0.15, 0.2) is 11.4 Å². The van der Waals surface area contributed by atoms with Gasteiger partial charge in [-0.25, -0.2) is 9.78 Å². The summed E-state index contributed by atoms with van der Waals surface area (Å²) >= 11 is 0. The highest BCUT2D eigenvalue weighted by molar-refractivity contribution is 6.30. The van der Waals surface area contributed by atoms with E-state index in [0.29, 0.717) is 28.9 Å². The molecule has 3 aromatic carbocycles. The van der Waals surface area contributed by atoms with E-state index in [-0.39, 0.29) is 58.1 Å². The van der Waals surface area contributed by atoms with E-state index in [4.69, 9.17) is 9.72 Å². The van der Waals surface area contributed by atoms with Crippen LogP contribution in [0.15, 0.2) is 71.5 Å². The highest BCUT2D eigenvalue weighted by Gasteiger charge is 2.45. The topological polar surface area (TPSA) is 156 Å². The van der Waals surface area contributed by atoms with Gasteiger partial charge < -0.3 is 24.6 Å². The van der Waals surface area contributed by atoms with Crippen LogP contribution in [0.25, 0.3) is 22.3 Å². The smallest absolute Gasteiger partial charge is 0.343 e. The first-order valence-corrected chi connectivity index (χ1v) is 14.3. The number of aryl methyl sites for hydroxylation is 1. The van der Waals surface area contributed by atoms with E-state index in [9.17, 15) is 34.5 Å². The molecule has 3 N–H and O–H groups in total. The number of hydrogen-bond donors (Lipinski definition) is 3. The molecule has 1 atom stereocenters. The van der Waals surface area contributed by atoms with E-state index in [1.807, 2.05) is 30.3 Å². The quantitative estimate of drug-likeness (QED) is 0.234. The van der Waals surface area contributed by atoms with Crippen LogP contribution in [-0.4, -0.2) is 42.4 Å². The highest BCUT2D eigenvalue weighted by atomic mass is 16.6. The average Bonchev–Trinajstić information content (AvgIpc) is 3.38. The van der Waals surface area contributed by atoms with Crippen molar-refractivity contribution in [3.8, 4) is 22.9 Å². The van der Waals surface area contributed by atoms with Crippen LogP contribution in [-0.2, 0) is 28.3 Å². The Labute approximate surface area is 255 Å². The molecule has 224 valence electrons. The molecule has 2 aliphatic heterocycles. The van der Waals surface area contributed by atoms with Crippen molar-refractivity contribution in [1.29, 1.82) is 0 Å². The van der Waals surface area contributed by atoms with Crippen LogP contribution < -0.4 is 5.56 Å². The van der Waals surface area contributed by atoms with E-state index in [0.717, 1.165) is 22.2 Å². The number of aliphatic hydroxyl groups is 1. The summed E-state index contributed by atoms with van der Waals surface area (Å²) in [5, 5.41) is 31.5. The molecule has 0 spiro atoms. The summed E-state index contributed by atoms with van der Waals surface area (Å²) in [6, 6.07) is 18.9. The number of pyridine rings is 2. The minimum Gasteiger partial charge on any atom is -0.507 e. The van der Waals surface area contributed by atoms with Crippen LogP contribution in [0.4, 0.5) is 0 Å². The molecule has 10 heteroatoms. The molecule has 4 heterocycles. The fourth-order valence-corrected chi connectivity index (χ4v) is 6.35. The number of hydrogen-bond acceptors (Lipinski definition) is 9. The number of carbonyl (C=O) groups excluding carboxylic acids is 3. The van der Waals surface area contributed by atoms with Crippen LogP contribution in [0, 0.1) is 6.92 Å². The number of benzene rings is 3. The molecular weight excluding hydrogens is 576 g/mol. The molecule has 8 rings (SSSR count). The summed E-state index contributed by atoms with van der Waals surface area (Å²) in [5.74, 6) is -2.08. The summed E-state index contributed by atoms with van der Waals surface area (Å²) in [6.45, 7) is 3.74. The van der Waals surface area contributed by atoms with Crippen molar-refractivity contribution in [2.75, 3.05) is 0 Å². The minimum absolute atomic E-state index is 0.0374. The monoisotopic (exact) mass is 602 g/mol. The SMILES string of the molecule is CCC1(O)C(=O)OCc2c1cc1n(c2=O)Cc2cc3ccccc3nc2-1.Cc1cc(O)c2c(c1)C(=O)c1cccc(O)c1C2=O. The van der Waals surface area contributed by atoms with Crippen LogP contribution in [0.1, 0.15) is 67.4 Å². The van der Waals surface area contributed by atoms with E-state index in [2.05, 4.69) is 0 Å². The van der Waals surface area contributed by atoms with Crippen molar-refractivity contribution in [1.82, 2.24) is 9.55 Å². The molecule has 0 radical (unpaired) electrons. The van der Waals surface area contributed by atoms with Gasteiger partial charge in [0, 0.05) is 27.6 Å². The van der Waals surface area contributed by atoms with Gasteiger partial charge in [-0.15, -0.1) is 0 Å². The third-order valence-corrected chi connectivity index (χ3v) is 8.66. The molecule has 0 saturated carbocycles. The van der Waals surface area contributed by atoms with Gasteiger partial charge >= 0.3 is 5.97 Å². The van der Waals surface area contributed by atoms with Gasteiger partial charge in [-0.2, -0.15) is 0 Å². The predicted octanol–water partition coefficient (Wildman–Crippen LogP) is 4.26. The van der Waals surface area contributed by atoms with E-state index >= 15 is 0 Å². The average molecular weight is 603 g/mol. The molecule has 10 nitrogen and oxygen atoms in total. The number of rotatable bonds is 1. The maximum Gasteiger partial charge on any atom is 0.343 e. The number of carbonyl (C=O) groups is 3. The Kier molecular flexibility index (Phi) is 6.24. The van der Waals surface area contributed by atoms with Crippen LogP contribution in [0.5, 0.6) is 11.5 Å². The normalized spacial score (nSPS) is 17.4. The number of cyclic esters (lactones) is 1. The number of nitrogens with zero attached hydrogens (tertiary/aromatic N) is 2. The standard InChI is InChI=1S/C20H16N2O4.C15H10O4/c1-2-20(25)14-8-16-17-12(7-11-5-3-4-6-15(11)21-17)9-22(16)18(23)13(14)10-26-19(20)24;1-7-5-9-13(11(17)6-7)15(19)12-8(14(9)18)3-2-4-10(12)16/h3-8,25H,2,9-10H2,1H3;2-6,16-17H,1H3. The van der Waals surface area contributed by atoms with Gasteiger partial charge in [0.2, 0.25) is 5.78 Å². The zero-order valence-corrected chi connectivity index (χ0v) is 24.2. The maximum absolute atomic E-state index is 13.0. The number of fused-ring (bicyclic) bond motifs is 7. The zero-order chi connectivity index (χ0) is 31.8. The van der Waals surface area contributed by atoms with Gasteiger partial charge in [-0.1, -0.05) is 37.3 Å². The number of para-hydroxylation sites is 1. The van der Waals surface area contributed by atoms with Crippen molar-refractivity contribution >= 4 is 28.4 Å². The molecular formula is C35H26N2O8. The van der Waals surface area contributed by atoms with Crippen LogP contribution >= 0.6 is 0 Å². The summed E-state index contributed by atoms with van der Waals surface area (Å²) in [7, 11) is 0. The number of aromatic hydroxyl groups is 2. The van der Waals surface area contributed by atoms with Gasteiger partial charge in [-0.05, 0) is 55.3 Å². The lowest BCUT2D eigenvalue weighted by Gasteiger charge is -2.31. The molecule has 2 aromatic heterocycles. The van der Waals surface area contributed by atoms with Crippen molar-refractivity contribution in [3.63, 3.8) is 0 Å². The number of phenolic OH excluding ortho intramolecular Hbond substituents is 2. The Morgan fingerprint density at radius 3 is 2.42 bits per heavy atom. The second kappa shape index (κ2) is 9.96. The Hall–Kier alpha value is -5.61. The first-order chi connectivity index (χ1) is 21.5. The van der Waals surface area contributed by atoms with Crippen molar-refractivity contribution in [2.24, 2.45) is 0 Å². The minimum atomic E-state index is -1.79. The summed E-state index contributed by atoms with van der Waals surface area (Å²) in [6.07, 6.45) is 0.139. The first kappa shape index (κ1) is 28.2. The maximum atomic E-state index is 13.0. The van der Waals surface area contributed by atoms with E-state index in [1.165, 1.54) is 24.3 Å². The molecule has 0 amide bonds. The number of aromatic nitrogens is 2. The lowest BCUT2D eigenvalue weighted by Crippen LogP contribution is -2.44. The van der Waals surface area contributed by atoms with Crippen LogP contribution in [0.3, 0.4) is 0 Å². The molecule has 5 aromatic rings. The summed E-state index contributed by atoms with van der Waals surface area (Å²) in [5.41, 5.74) is 2.78. The van der Waals surface area contributed by atoms with Gasteiger partial charge in [0.1, 0.15) is 18.1 Å². The lowest BCUT2D eigenvalue weighted by molar-refractivity contribution is -0.172. The Morgan fingerprint density at radius 2 is 1.64 bits per heavy atom. The van der Waals surface area contributed by atoms with E-state index in [1.54, 1.807) is 30.5 Å². The molecule has 3 aliphatic rings. The molecule has 0 saturated heterocycles. The fourth-order valence-electron chi connectivity index (χ4n) is 6.35. The Bertz CT molecular complexity index is 2220. The van der Waals surface area contributed by atoms with Crippen molar-refractivity contribution in [2.45, 2.75) is 39.0 Å². The third-order valence-electron chi connectivity index (χ3n) is 8.66. The lowest BCUT2D eigenvalue weighted by atomic mass is 9.82. The number of esters is 1. The van der Waals surface area contributed by atoms with Gasteiger partial charge in [0.05, 0.1) is 40.1 Å². The highest BCUT2D eigenvalue weighted by Crippen LogP contribution is 2.39. The third kappa shape index (κ3) is 4.10. The Morgan fingerprint density at radius 1 is 0.889 bits per heavy atom. The molecule has 0 bridgehead atoms. The first-order valence-electron chi connectivity index (χ1n) is 14.3. The molecule has 1 unspecified atom stereocenters. The van der Waals surface area contributed by atoms with Crippen molar-refractivity contribution < 1.29 is 34.4 Å². The summed E-state index contributed by atoms with van der Waals surface area (Å²) in [4.78, 5) is 54.5. The Balaban J connectivity index is 0.000000152. The number of ether oxygens (including phenoxy) is 1. The van der Waals surface area contributed by atoms with Gasteiger partial charge in [0.25, 0.3) is 5.56 Å². The van der Waals surface area contributed by atoms with Gasteiger partial charge in [-0.3, -0.25) is 14.4 Å².